The standard InChI is InChI=1S/C8H14N4O2S/c1-4-8(5(2)11-10-4)15(13,14)12-7-3-6(7)9/h6-7,12H,3,9H2,1-2H3,(H,10,11). The summed E-state index contributed by atoms with van der Waals surface area (Å²) in [5, 5.41) is 6.50. The fourth-order valence-electron chi connectivity index (χ4n) is 1.54. The van der Waals surface area contributed by atoms with Crippen molar-refractivity contribution in [3.63, 3.8) is 0 Å². The smallest absolute Gasteiger partial charge is 0.244 e. The molecule has 6 nitrogen and oxygen atoms in total. The van der Waals surface area contributed by atoms with Crippen LogP contribution >= 0.6 is 0 Å². The fourth-order valence-corrected chi connectivity index (χ4v) is 3.22. The monoisotopic (exact) mass is 230 g/mol. The molecule has 1 aromatic heterocycles. The predicted molar refractivity (Wildman–Crippen MR) is 54.8 cm³/mol. The minimum absolute atomic E-state index is 0.0488. The molecule has 4 N–H and O–H groups in total. The van der Waals surface area contributed by atoms with Crippen LogP contribution in [0.2, 0.25) is 0 Å². The molecular formula is C8H14N4O2S. The summed E-state index contributed by atoms with van der Waals surface area (Å²) in [4.78, 5) is 0.238. The number of hydrogen-bond donors (Lipinski definition) is 3. The molecule has 84 valence electrons. The summed E-state index contributed by atoms with van der Waals surface area (Å²) in [5.41, 5.74) is 6.58. The van der Waals surface area contributed by atoms with Gasteiger partial charge in [-0.1, -0.05) is 0 Å². The molecule has 0 saturated heterocycles. The third kappa shape index (κ3) is 1.90. The van der Waals surface area contributed by atoms with Gasteiger partial charge < -0.3 is 5.73 Å². The number of nitrogens with two attached hydrogens (primary N) is 1. The lowest BCUT2D eigenvalue weighted by Crippen LogP contribution is -2.30. The largest absolute Gasteiger partial charge is 0.326 e. The van der Waals surface area contributed by atoms with Crippen LogP contribution in [0.15, 0.2) is 4.90 Å². The van der Waals surface area contributed by atoms with E-state index in [-0.39, 0.29) is 17.0 Å². The van der Waals surface area contributed by atoms with Crippen molar-refractivity contribution in [3.8, 4) is 0 Å². The molecule has 1 fully saturated rings. The van der Waals surface area contributed by atoms with Gasteiger partial charge in [0.1, 0.15) is 4.90 Å². The van der Waals surface area contributed by atoms with Gasteiger partial charge in [0.05, 0.1) is 11.4 Å². The van der Waals surface area contributed by atoms with Crippen molar-refractivity contribution in [2.24, 2.45) is 5.73 Å². The Morgan fingerprint density at radius 3 is 2.53 bits per heavy atom. The van der Waals surface area contributed by atoms with Crippen molar-refractivity contribution in [1.82, 2.24) is 14.9 Å². The molecule has 2 rings (SSSR count). The molecular weight excluding hydrogens is 216 g/mol. The van der Waals surface area contributed by atoms with E-state index in [1.165, 1.54) is 0 Å². The van der Waals surface area contributed by atoms with Crippen LogP contribution in [0.25, 0.3) is 0 Å². The number of nitrogens with zero attached hydrogens (tertiary/aromatic N) is 1. The first-order chi connectivity index (χ1) is 6.92. The van der Waals surface area contributed by atoms with E-state index in [1.807, 2.05) is 0 Å². The van der Waals surface area contributed by atoms with Gasteiger partial charge in [-0.25, -0.2) is 13.1 Å². The summed E-state index contributed by atoms with van der Waals surface area (Å²) < 4.78 is 26.4. The highest BCUT2D eigenvalue weighted by atomic mass is 32.2. The highest BCUT2D eigenvalue weighted by Gasteiger charge is 2.38. The van der Waals surface area contributed by atoms with Gasteiger partial charge >= 0.3 is 0 Å². The fraction of sp³-hybridized carbons (Fsp3) is 0.625. The van der Waals surface area contributed by atoms with Crippen molar-refractivity contribution in [2.45, 2.75) is 37.2 Å². The summed E-state index contributed by atoms with van der Waals surface area (Å²) in [7, 11) is -3.47. The molecule has 2 atom stereocenters. The van der Waals surface area contributed by atoms with Gasteiger partial charge in [0.15, 0.2) is 0 Å². The Bertz CT molecular complexity index is 459. The lowest BCUT2D eigenvalue weighted by atomic mass is 10.4. The quantitative estimate of drug-likeness (QED) is 0.645. The predicted octanol–water partition coefficient (Wildman–Crippen LogP) is -0.596. The van der Waals surface area contributed by atoms with Crippen LogP contribution in [-0.2, 0) is 10.0 Å². The SMILES string of the molecule is Cc1n[nH]c(C)c1S(=O)(=O)NC1CC1N. The second kappa shape index (κ2) is 3.29. The third-order valence-electron chi connectivity index (χ3n) is 2.48. The van der Waals surface area contributed by atoms with Crippen molar-refractivity contribution in [2.75, 3.05) is 0 Å². The summed E-state index contributed by atoms with van der Waals surface area (Å²) in [5.74, 6) is 0. The minimum Gasteiger partial charge on any atom is -0.326 e. The minimum atomic E-state index is -3.47. The molecule has 15 heavy (non-hydrogen) atoms. The Hall–Kier alpha value is -0.920. The van der Waals surface area contributed by atoms with Gasteiger partial charge in [-0.2, -0.15) is 5.10 Å². The van der Waals surface area contributed by atoms with Crippen molar-refractivity contribution >= 4 is 10.0 Å². The van der Waals surface area contributed by atoms with Crippen LogP contribution in [0.5, 0.6) is 0 Å². The number of nitrogens with one attached hydrogen (secondary N) is 2. The highest BCUT2D eigenvalue weighted by molar-refractivity contribution is 7.89. The van der Waals surface area contributed by atoms with E-state index < -0.39 is 10.0 Å². The van der Waals surface area contributed by atoms with Crippen molar-refractivity contribution in [1.29, 1.82) is 0 Å². The van der Waals surface area contributed by atoms with Gasteiger partial charge in [-0.3, -0.25) is 5.10 Å². The Labute approximate surface area is 88.3 Å². The van der Waals surface area contributed by atoms with E-state index in [4.69, 9.17) is 5.73 Å². The molecule has 1 aliphatic rings. The van der Waals surface area contributed by atoms with E-state index >= 15 is 0 Å². The first-order valence-electron chi connectivity index (χ1n) is 4.71. The van der Waals surface area contributed by atoms with E-state index in [0.717, 1.165) is 0 Å². The summed E-state index contributed by atoms with van der Waals surface area (Å²) >= 11 is 0. The molecule has 0 aromatic carbocycles. The Morgan fingerprint density at radius 1 is 1.53 bits per heavy atom. The van der Waals surface area contributed by atoms with Crippen molar-refractivity contribution in [3.05, 3.63) is 11.4 Å². The van der Waals surface area contributed by atoms with Gasteiger partial charge in [0, 0.05) is 12.1 Å². The molecule has 1 aliphatic carbocycles. The topological polar surface area (TPSA) is 101 Å². The summed E-state index contributed by atoms with van der Waals surface area (Å²) in [6.45, 7) is 3.34. The Morgan fingerprint density at radius 2 is 2.13 bits per heavy atom. The maximum atomic E-state index is 11.9. The van der Waals surface area contributed by atoms with E-state index in [1.54, 1.807) is 13.8 Å². The zero-order valence-electron chi connectivity index (χ0n) is 8.61. The molecule has 0 bridgehead atoms. The second-order valence-electron chi connectivity index (χ2n) is 3.89. The average Bonchev–Trinajstić information content (AvgIpc) is 2.63. The van der Waals surface area contributed by atoms with Crippen molar-refractivity contribution < 1.29 is 8.42 Å². The zero-order valence-corrected chi connectivity index (χ0v) is 9.43. The number of sulfonamides is 1. The number of H-pyrrole nitrogens is 1. The van der Waals surface area contributed by atoms with Crippen LogP contribution in [0.3, 0.4) is 0 Å². The van der Waals surface area contributed by atoms with Crippen LogP contribution in [0, 0.1) is 13.8 Å². The van der Waals surface area contributed by atoms with Gasteiger partial charge in [-0.05, 0) is 20.3 Å². The molecule has 0 radical (unpaired) electrons. The first-order valence-corrected chi connectivity index (χ1v) is 6.19. The maximum Gasteiger partial charge on any atom is 0.244 e. The molecule has 7 heteroatoms. The molecule has 1 aromatic rings. The Kier molecular flexibility index (Phi) is 2.32. The van der Waals surface area contributed by atoms with E-state index in [9.17, 15) is 8.42 Å². The second-order valence-corrected chi connectivity index (χ2v) is 5.54. The van der Waals surface area contributed by atoms with Crippen LogP contribution in [-0.4, -0.2) is 30.7 Å². The number of aromatic amines is 1. The summed E-state index contributed by atoms with van der Waals surface area (Å²) in [6.07, 6.45) is 0.704. The molecule has 0 spiro atoms. The lowest BCUT2D eigenvalue weighted by molar-refractivity contribution is 0.578. The van der Waals surface area contributed by atoms with Crippen LogP contribution in [0.4, 0.5) is 0 Å². The number of rotatable bonds is 3. The molecule has 1 saturated carbocycles. The van der Waals surface area contributed by atoms with Gasteiger partial charge in [0.25, 0.3) is 0 Å². The molecule has 0 amide bonds. The van der Waals surface area contributed by atoms with Gasteiger partial charge in [-0.15, -0.1) is 0 Å². The number of aromatic nitrogens is 2. The normalized spacial score (nSPS) is 25.5. The number of hydrogen-bond acceptors (Lipinski definition) is 4. The van der Waals surface area contributed by atoms with Gasteiger partial charge in [0.2, 0.25) is 10.0 Å². The third-order valence-corrected chi connectivity index (χ3v) is 4.23. The lowest BCUT2D eigenvalue weighted by Gasteiger charge is -2.05. The highest BCUT2D eigenvalue weighted by Crippen LogP contribution is 2.23. The zero-order chi connectivity index (χ0) is 11.2. The maximum absolute atomic E-state index is 11.9. The van der Waals surface area contributed by atoms with Crippen LogP contribution in [0.1, 0.15) is 17.8 Å². The molecule has 2 unspecified atom stereocenters. The van der Waals surface area contributed by atoms with E-state index in [0.29, 0.717) is 17.8 Å². The number of aryl methyl sites for hydroxylation is 2. The van der Waals surface area contributed by atoms with Crippen LogP contribution < -0.4 is 10.5 Å². The first kappa shape index (κ1) is 10.6. The van der Waals surface area contributed by atoms with E-state index in [2.05, 4.69) is 14.9 Å². The summed E-state index contributed by atoms with van der Waals surface area (Å²) in [6, 6.07) is -0.170. The molecule has 0 aliphatic heterocycles. The molecule has 1 heterocycles. The average molecular weight is 230 g/mol. The Balaban J connectivity index is 2.29.